The van der Waals surface area contributed by atoms with Gasteiger partial charge in [0.05, 0.1) is 12.2 Å². The number of rotatable bonds is 5. The van der Waals surface area contributed by atoms with Crippen molar-refractivity contribution < 1.29 is 23.9 Å². The normalized spacial score (nSPS) is 11.1. The lowest BCUT2D eigenvalue weighted by atomic mass is 10.1. The first-order chi connectivity index (χ1) is 13.0. The maximum absolute atomic E-state index is 12.6. The van der Waals surface area contributed by atoms with Gasteiger partial charge in [-0.05, 0) is 58.4 Å². The third kappa shape index (κ3) is 5.42. The summed E-state index contributed by atoms with van der Waals surface area (Å²) in [7, 11) is 0. The highest BCUT2D eigenvalue weighted by atomic mass is 79.9. The SMILES string of the molecule is CCOC(=O)c1c(NC(=O)c2cccc(Br)c2)sc(C(=O)OC(C)(C)C)c1C. The number of carbonyl (C=O) groups is 3. The van der Waals surface area contributed by atoms with Crippen LogP contribution in [0.1, 0.15) is 63.6 Å². The fourth-order valence-corrected chi connectivity index (χ4v) is 3.84. The molecule has 1 amide bonds. The summed E-state index contributed by atoms with van der Waals surface area (Å²) in [6, 6.07) is 6.85. The number of hydrogen-bond donors (Lipinski definition) is 1. The van der Waals surface area contributed by atoms with Crippen molar-refractivity contribution in [3.8, 4) is 0 Å². The van der Waals surface area contributed by atoms with Gasteiger partial charge in [-0.25, -0.2) is 9.59 Å². The highest BCUT2D eigenvalue weighted by Gasteiger charge is 2.29. The Morgan fingerprint density at radius 1 is 1.18 bits per heavy atom. The fraction of sp³-hybridized carbons (Fsp3) is 0.350. The Morgan fingerprint density at radius 3 is 2.43 bits per heavy atom. The largest absolute Gasteiger partial charge is 0.462 e. The van der Waals surface area contributed by atoms with Crippen LogP contribution in [0.15, 0.2) is 28.7 Å². The second kappa shape index (κ2) is 8.87. The van der Waals surface area contributed by atoms with Gasteiger partial charge in [-0.15, -0.1) is 11.3 Å². The zero-order chi connectivity index (χ0) is 21.1. The second-order valence-electron chi connectivity index (χ2n) is 6.95. The molecule has 0 bridgehead atoms. The van der Waals surface area contributed by atoms with Crippen LogP contribution in [0.2, 0.25) is 0 Å². The number of amides is 1. The number of ether oxygens (including phenoxy) is 2. The smallest absolute Gasteiger partial charge is 0.349 e. The van der Waals surface area contributed by atoms with Crippen molar-refractivity contribution in [3.05, 3.63) is 50.3 Å². The molecule has 8 heteroatoms. The number of nitrogens with one attached hydrogen (secondary N) is 1. The number of carbonyl (C=O) groups excluding carboxylic acids is 3. The third-order valence-electron chi connectivity index (χ3n) is 3.52. The van der Waals surface area contributed by atoms with Gasteiger partial charge in [-0.1, -0.05) is 22.0 Å². The summed E-state index contributed by atoms with van der Waals surface area (Å²) >= 11 is 4.32. The Balaban J connectivity index is 2.43. The molecule has 0 saturated carbocycles. The molecule has 2 rings (SSSR count). The summed E-state index contributed by atoms with van der Waals surface area (Å²) in [6.45, 7) is 8.78. The Morgan fingerprint density at radius 2 is 1.86 bits per heavy atom. The van der Waals surface area contributed by atoms with Crippen molar-refractivity contribution in [2.75, 3.05) is 11.9 Å². The van der Waals surface area contributed by atoms with Crippen molar-refractivity contribution in [2.24, 2.45) is 0 Å². The van der Waals surface area contributed by atoms with Gasteiger partial charge in [-0.2, -0.15) is 0 Å². The molecule has 0 aliphatic carbocycles. The molecule has 0 aliphatic rings. The van der Waals surface area contributed by atoms with E-state index in [1.165, 1.54) is 0 Å². The second-order valence-corrected chi connectivity index (χ2v) is 8.88. The monoisotopic (exact) mass is 467 g/mol. The van der Waals surface area contributed by atoms with Gasteiger partial charge in [0.25, 0.3) is 5.91 Å². The molecule has 0 spiro atoms. The van der Waals surface area contributed by atoms with Crippen molar-refractivity contribution in [1.29, 1.82) is 0 Å². The van der Waals surface area contributed by atoms with Crippen LogP contribution in [-0.4, -0.2) is 30.1 Å². The molecule has 1 N–H and O–H groups in total. The van der Waals surface area contributed by atoms with Crippen LogP contribution in [0, 0.1) is 6.92 Å². The van der Waals surface area contributed by atoms with Gasteiger partial charge in [0.1, 0.15) is 15.5 Å². The van der Waals surface area contributed by atoms with Gasteiger partial charge >= 0.3 is 11.9 Å². The van der Waals surface area contributed by atoms with Crippen LogP contribution in [0.4, 0.5) is 5.00 Å². The summed E-state index contributed by atoms with van der Waals surface area (Å²) < 4.78 is 11.3. The van der Waals surface area contributed by atoms with Gasteiger partial charge in [-0.3, -0.25) is 4.79 Å². The fourth-order valence-electron chi connectivity index (χ4n) is 2.37. The predicted molar refractivity (Wildman–Crippen MR) is 112 cm³/mol. The maximum atomic E-state index is 12.6. The zero-order valence-corrected chi connectivity index (χ0v) is 18.7. The van der Waals surface area contributed by atoms with Crippen LogP contribution < -0.4 is 5.32 Å². The number of thiophene rings is 1. The summed E-state index contributed by atoms with van der Waals surface area (Å²) in [5, 5.41) is 2.97. The van der Waals surface area contributed by atoms with Crippen molar-refractivity contribution in [3.63, 3.8) is 0 Å². The highest BCUT2D eigenvalue weighted by Crippen LogP contribution is 2.35. The molecule has 150 valence electrons. The molecule has 0 fully saturated rings. The van der Waals surface area contributed by atoms with E-state index < -0.39 is 23.4 Å². The lowest BCUT2D eigenvalue weighted by molar-refractivity contribution is 0.00744. The average Bonchev–Trinajstić information content (AvgIpc) is 2.90. The summed E-state index contributed by atoms with van der Waals surface area (Å²) in [5.41, 5.74) is 0.310. The highest BCUT2D eigenvalue weighted by molar-refractivity contribution is 9.10. The number of hydrogen-bond acceptors (Lipinski definition) is 6. The van der Waals surface area contributed by atoms with Crippen LogP contribution in [-0.2, 0) is 9.47 Å². The summed E-state index contributed by atoms with van der Waals surface area (Å²) in [4.78, 5) is 37.9. The molecule has 2 aromatic rings. The zero-order valence-electron chi connectivity index (χ0n) is 16.3. The summed E-state index contributed by atoms with van der Waals surface area (Å²) in [5.74, 6) is -1.55. The van der Waals surface area contributed by atoms with Gasteiger partial charge < -0.3 is 14.8 Å². The van der Waals surface area contributed by atoms with Crippen molar-refractivity contribution >= 4 is 50.1 Å². The van der Waals surface area contributed by atoms with E-state index in [0.29, 0.717) is 11.1 Å². The standard InChI is InChI=1S/C20H22BrNO5S/c1-6-26-18(24)14-11(2)15(19(25)27-20(3,4)5)28-17(14)22-16(23)12-8-7-9-13(21)10-12/h7-10H,6H2,1-5H3,(H,22,23). The summed E-state index contributed by atoms with van der Waals surface area (Å²) in [6.07, 6.45) is 0. The third-order valence-corrected chi connectivity index (χ3v) is 5.21. The van der Waals surface area contributed by atoms with E-state index in [1.807, 2.05) is 0 Å². The number of halogens is 1. The average molecular weight is 468 g/mol. The molecule has 0 saturated heterocycles. The Bertz CT molecular complexity index is 914. The first kappa shape index (κ1) is 22.1. The molecule has 28 heavy (non-hydrogen) atoms. The predicted octanol–water partition coefficient (Wildman–Crippen LogP) is 5.20. The number of esters is 2. The van der Waals surface area contributed by atoms with E-state index in [0.717, 1.165) is 15.8 Å². The Hall–Kier alpha value is -2.19. The molecule has 0 radical (unpaired) electrons. The topological polar surface area (TPSA) is 81.7 Å². The lowest BCUT2D eigenvalue weighted by Gasteiger charge is -2.19. The minimum atomic E-state index is -0.683. The Kier molecular flexibility index (Phi) is 7.01. The molecular weight excluding hydrogens is 446 g/mol. The van der Waals surface area contributed by atoms with Crippen LogP contribution in [0.3, 0.4) is 0 Å². The maximum Gasteiger partial charge on any atom is 0.349 e. The lowest BCUT2D eigenvalue weighted by Crippen LogP contribution is -2.23. The van der Waals surface area contributed by atoms with E-state index in [1.54, 1.807) is 58.9 Å². The molecule has 1 aromatic heterocycles. The van der Waals surface area contributed by atoms with Crippen molar-refractivity contribution in [1.82, 2.24) is 0 Å². The Labute approximate surface area is 176 Å². The van der Waals surface area contributed by atoms with E-state index in [9.17, 15) is 14.4 Å². The molecule has 0 unspecified atom stereocenters. The van der Waals surface area contributed by atoms with E-state index in [4.69, 9.17) is 9.47 Å². The number of anilines is 1. The quantitative estimate of drug-likeness (QED) is 0.610. The molecule has 0 atom stereocenters. The first-order valence-corrected chi connectivity index (χ1v) is 10.2. The van der Waals surface area contributed by atoms with Gasteiger partial charge in [0.15, 0.2) is 0 Å². The van der Waals surface area contributed by atoms with E-state index >= 15 is 0 Å². The van der Waals surface area contributed by atoms with Crippen LogP contribution >= 0.6 is 27.3 Å². The van der Waals surface area contributed by atoms with Gasteiger partial charge in [0, 0.05) is 10.0 Å². The van der Waals surface area contributed by atoms with Crippen molar-refractivity contribution in [2.45, 2.75) is 40.2 Å². The molecular formula is C20H22BrNO5S. The van der Waals surface area contributed by atoms with Crippen LogP contribution in [0.25, 0.3) is 0 Å². The minimum Gasteiger partial charge on any atom is -0.462 e. The van der Waals surface area contributed by atoms with E-state index in [2.05, 4.69) is 21.2 Å². The minimum absolute atomic E-state index is 0.163. The number of benzene rings is 1. The first-order valence-electron chi connectivity index (χ1n) is 8.64. The molecule has 6 nitrogen and oxygen atoms in total. The molecule has 1 heterocycles. The molecule has 0 aliphatic heterocycles. The van der Waals surface area contributed by atoms with E-state index in [-0.39, 0.29) is 22.0 Å². The van der Waals surface area contributed by atoms with Gasteiger partial charge in [0.2, 0.25) is 0 Å². The van der Waals surface area contributed by atoms with Crippen LogP contribution in [0.5, 0.6) is 0 Å². The molecule has 1 aromatic carbocycles.